The molecule has 2 rings (SSSR count). The van der Waals surface area contributed by atoms with E-state index in [9.17, 15) is 0 Å². The molecule has 0 bridgehead atoms. The summed E-state index contributed by atoms with van der Waals surface area (Å²) in [7, 11) is 0. The lowest BCUT2D eigenvalue weighted by molar-refractivity contribution is 0.165. The van der Waals surface area contributed by atoms with E-state index < -0.39 is 0 Å². The number of pyridine rings is 1. The molecule has 0 spiro atoms. The van der Waals surface area contributed by atoms with E-state index in [4.69, 9.17) is 20.6 Å². The molecule has 2 heterocycles. The fourth-order valence-electron chi connectivity index (χ4n) is 1.56. The highest BCUT2D eigenvalue weighted by Gasteiger charge is 2.16. The highest BCUT2D eigenvalue weighted by Crippen LogP contribution is 2.14. The van der Waals surface area contributed by atoms with Crippen molar-refractivity contribution in [1.82, 2.24) is 4.98 Å². The van der Waals surface area contributed by atoms with E-state index in [0.717, 1.165) is 19.6 Å². The van der Waals surface area contributed by atoms with Crippen molar-refractivity contribution >= 4 is 5.84 Å². The van der Waals surface area contributed by atoms with Crippen LogP contribution in [-0.4, -0.2) is 30.6 Å². The first-order chi connectivity index (χ1) is 7.75. The van der Waals surface area contributed by atoms with Crippen molar-refractivity contribution < 1.29 is 9.47 Å². The van der Waals surface area contributed by atoms with Gasteiger partial charge in [0.25, 0.3) is 0 Å². The zero-order chi connectivity index (χ0) is 11.4. The number of hydrogen-bond acceptors (Lipinski definition) is 4. The monoisotopic (exact) mass is 221 g/mol. The first-order valence-corrected chi connectivity index (χ1v) is 5.27. The second-order valence-corrected chi connectivity index (χ2v) is 3.82. The summed E-state index contributed by atoms with van der Waals surface area (Å²) in [6, 6.07) is 5.24. The predicted molar refractivity (Wildman–Crippen MR) is 59.7 cm³/mol. The fraction of sp³-hybridized carbons (Fsp3) is 0.455. The number of ether oxygens (including phenoxy) is 2. The molecule has 16 heavy (non-hydrogen) atoms. The Morgan fingerprint density at radius 2 is 2.50 bits per heavy atom. The largest absolute Gasteiger partial charge is 0.477 e. The van der Waals surface area contributed by atoms with E-state index >= 15 is 0 Å². The van der Waals surface area contributed by atoms with Crippen LogP contribution in [0.4, 0.5) is 0 Å². The maximum Gasteiger partial charge on any atom is 0.213 e. The molecule has 5 heteroatoms. The third-order valence-electron chi connectivity index (χ3n) is 2.49. The van der Waals surface area contributed by atoms with E-state index in [-0.39, 0.29) is 5.84 Å². The molecule has 1 fully saturated rings. The number of hydrogen-bond donors (Lipinski definition) is 2. The normalized spacial score (nSPS) is 19.6. The van der Waals surface area contributed by atoms with Crippen LogP contribution < -0.4 is 10.5 Å². The van der Waals surface area contributed by atoms with Crippen molar-refractivity contribution in [3.8, 4) is 5.88 Å². The van der Waals surface area contributed by atoms with Crippen LogP contribution in [-0.2, 0) is 4.74 Å². The Labute approximate surface area is 94.1 Å². The molecule has 0 saturated carbocycles. The molecule has 1 atom stereocenters. The molecule has 0 radical (unpaired) electrons. The van der Waals surface area contributed by atoms with Gasteiger partial charge in [0, 0.05) is 18.6 Å². The standard InChI is InChI=1S/C11H15N3O2/c12-11(13)9-2-1-3-10(14-9)16-7-8-4-5-15-6-8/h1-3,8H,4-7H2,(H3,12,13). The quantitative estimate of drug-likeness (QED) is 0.581. The second kappa shape index (κ2) is 4.94. The van der Waals surface area contributed by atoms with E-state index in [1.807, 2.05) is 0 Å². The van der Waals surface area contributed by atoms with Crippen molar-refractivity contribution in [2.45, 2.75) is 6.42 Å². The fourth-order valence-corrected chi connectivity index (χ4v) is 1.56. The third kappa shape index (κ3) is 2.70. The third-order valence-corrected chi connectivity index (χ3v) is 2.49. The Hall–Kier alpha value is -1.62. The lowest BCUT2D eigenvalue weighted by atomic mass is 10.1. The van der Waals surface area contributed by atoms with E-state index in [1.165, 1.54) is 0 Å². The predicted octanol–water partition coefficient (Wildman–Crippen LogP) is 0.781. The molecule has 1 aliphatic heterocycles. The van der Waals surface area contributed by atoms with Crippen molar-refractivity contribution in [1.29, 1.82) is 5.41 Å². The highest BCUT2D eigenvalue weighted by molar-refractivity contribution is 5.93. The molecule has 86 valence electrons. The van der Waals surface area contributed by atoms with Gasteiger partial charge >= 0.3 is 0 Å². The van der Waals surface area contributed by atoms with Crippen molar-refractivity contribution in [3.05, 3.63) is 23.9 Å². The summed E-state index contributed by atoms with van der Waals surface area (Å²) in [5.74, 6) is 0.914. The molecule has 5 nitrogen and oxygen atoms in total. The van der Waals surface area contributed by atoms with Gasteiger partial charge in [0.15, 0.2) is 0 Å². The zero-order valence-electron chi connectivity index (χ0n) is 8.98. The molecule has 0 amide bonds. The smallest absolute Gasteiger partial charge is 0.213 e. The average Bonchev–Trinajstić information content (AvgIpc) is 2.79. The minimum absolute atomic E-state index is 0.0466. The zero-order valence-corrected chi connectivity index (χ0v) is 8.98. The number of nitrogen functional groups attached to an aromatic ring is 1. The molecule has 1 aromatic rings. The molecule has 3 N–H and O–H groups in total. The highest BCUT2D eigenvalue weighted by atomic mass is 16.5. The van der Waals surface area contributed by atoms with Gasteiger partial charge in [0.2, 0.25) is 5.88 Å². The van der Waals surface area contributed by atoms with Gasteiger partial charge in [-0.3, -0.25) is 5.41 Å². The first kappa shape index (κ1) is 10.9. The Morgan fingerprint density at radius 1 is 1.62 bits per heavy atom. The van der Waals surface area contributed by atoms with Crippen LogP contribution >= 0.6 is 0 Å². The van der Waals surface area contributed by atoms with Crippen LogP contribution in [0.3, 0.4) is 0 Å². The summed E-state index contributed by atoms with van der Waals surface area (Å²) < 4.78 is 10.8. The van der Waals surface area contributed by atoms with Gasteiger partial charge in [-0.15, -0.1) is 0 Å². The second-order valence-electron chi connectivity index (χ2n) is 3.82. The number of aromatic nitrogens is 1. The number of nitrogens with one attached hydrogen (secondary N) is 1. The maximum atomic E-state index is 7.27. The van der Waals surface area contributed by atoms with Crippen LogP contribution in [0.2, 0.25) is 0 Å². The summed E-state index contributed by atoms with van der Waals surface area (Å²) in [5.41, 5.74) is 5.79. The van der Waals surface area contributed by atoms with Gasteiger partial charge in [-0.1, -0.05) is 6.07 Å². The minimum Gasteiger partial charge on any atom is -0.477 e. The molecule has 0 aromatic carbocycles. The van der Waals surface area contributed by atoms with Crippen LogP contribution in [0.5, 0.6) is 5.88 Å². The van der Waals surface area contributed by atoms with Crippen LogP contribution in [0.1, 0.15) is 12.1 Å². The van der Waals surface area contributed by atoms with Crippen molar-refractivity contribution in [2.75, 3.05) is 19.8 Å². The van der Waals surface area contributed by atoms with Crippen molar-refractivity contribution in [3.63, 3.8) is 0 Å². The molecule has 1 aliphatic rings. The Bertz CT molecular complexity index is 375. The average molecular weight is 221 g/mol. The molecule has 0 aliphatic carbocycles. The summed E-state index contributed by atoms with van der Waals surface area (Å²) in [5, 5.41) is 7.27. The summed E-state index contributed by atoms with van der Waals surface area (Å²) >= 11 is 0. The van der Waals surface area contributed by atoms with Crippen LogP contribution in [0.15, 0.2) is 18.2 Å². The first-order valence-electron chi connectivity index (χ1n) is 5.27. The Balaban J connectivity index is 1.93. The van der Waals surface area contributed by atoms with E-state index in [2.05, 4.69) is 4.98 Å². The molecular formula is C11H15N3O2. The lowest BCUT2D eigenvalue weighted by Gasteiger charge is -2.09. The molecule has 1 aromatic heterocycles. The van der Waals surface area contributed by atoms with Crippen LogP contribution in [0, 0.1) is 11.3 Å². The summed E-state index contributed by atoms with van der Waals surface area (Å²) in [4.78, 5) is 4.12. The Kier molecular flexibility index (Phi) is 3.36. The van der Waals surface area contributed by atoms with E-state index in [0.29, 0.717) is 24.1 Å². The SMILES string of the molecule is N=C(N)c1cccc(OCC2CCOC2)n1. The van der Waals surface area contributed by atoms with Crippen LogP contribution in [0.25, 0.3) is 0 Å². The Morgan fingerprint density at radius 3 is 3.19 bits per heavy atom. The molecule has 1 saturated heterocycles. The van der Waals surface area contributed by atoms with Gasteiger partial charge < -0.3 is 15.2 Å². The minimum atomic E-state index is -0.0466. The van der Waals surface area contributed by atoms with Gasteiger partial charge in [-0.05, 0) is 12.5 Å². The number of amidine groups is 1. The lowest BCUT2D eigenvalue weighted by Crippen LogP contribution is -2.15. The van der Waals surface area contributed by atoms with Gasteiger partial charge in [-0.25, -0.2) is 4.98 Å². The van der Waals surface area contributed by atoms with Gasteiger partial charge in [-0.2, -0.15) is 0 Å². The summed E-state index contributed by atoms with van der Waals surface area (Å²) in [6.07, 6.45) is 1.03. The van der Waals surface area contributed by atoms with E-state index in [1.54, 1.807) is 18.2 Å². The topological polar surface area (TPSA) is 81.2 Å². The van der Waals surface area contributed by atoms with Crippen molar-refractivity contribution in [2.24, 2.45) is 11.7 Å². The number of nitrogens with zero attached hydrogens (tertiary/aromatic N) is 1. The number of rotatable bonds is 4. The molecule has 1 unspecified atom stereocenters. The van der Waals surface area contributed by atoms with Gasteiger partial charge in [0.05, 0.1) is 13.2 Å². The molecular weight excluding hydrogens is 206 g/mol. The van der Waals surface area contributed by atoms with Gasteiger partial charge in [0.1, 0.15) is 11.5 Å². The number of nitrogens with two attached hydrogens (primary N) is 1. The maximum absolute atomic E-state index is 7.27. The summed E-state index contributed by atoms with van der Waals surface area (Å²) in [6.45, 7) is 2.18.